The lowest BCUT2D eigenvalue weighted by Crippen LogP contribution is -2.52. The molecule has 1 saturated carbocycles. The molecule has 3 amide bonds. The van der Waals surface area contributed by atoms with Gasteiger partial charge in [-0.2, -0.15) is 19.0 Å². The van der Waals surface area contributed by atoms with Crippen LogP contribution in [0.3, 0.4) is 0 Å². The van der Waals surface area contributed by atoms with Crippen LogP contribution in [-0.2, 0) is 38.0 Å². The number of carbonyl (C=O) groups is 2. The van der Waals surface area contributed by atoms with Crippen molar-refractivity contribution in [1.29, 1.82) is 0 Å². The first-order chi connectivity index (χ1) is 14.7. The van der Waals surface area contributed by atoms with Gasteiger partial charge in [0.25, 0.3) is 5.91 Å². The van der Waals surface area contributed by atoms with Crippen LogP contribution in [0.4, 0.5) is 4.79 Å². The maximum atomic E-state index is 12.7. The molecule has 1 heterocycles. The quantitative estimate of drug-likeness (QED) is 0.349. The number of aryl methyl sites for hydroxylation is 1. The Labute approximate surface area is 181 Å². The highest BCUT2D eigenvalue weighted by molar-refractivity contribution is 7.80. The van der Waals surface area contributed by atoms with Gasteiger partial charge in [0.1, 0.15) is 12.6 Å². The van der Waals surface area contributed by atoms with Gasteiger partial charge < -0.3 is 4.90 Å². The molecular weight excluding hydrogens is 430 g/mol. The van der Waals surface area contributed by atoms with Crippen LogP contribution in [0, 0.1) is 0 Å². The Balaban J connectivity index is 1.60. The first-order valence-corrected chi connectivity index (χ1v) is 11.7. The van der Waals surface area contributed by atoms with E-state index in [4.69, 9.17) is 9.39 Å². The van der Waals surface area contributed by atoms with Crippen molar-refractivity contribution in [3.63, 3.8) is 0 Å². The second-order valence-corrected chi connectivity index (χ2v) is 8.86. The molecule has 31 heavy (non-hydrogen) atoms. The molecule has 13 heteroatoms. The Morgan fingerprint density at radius 3 is 2.65 bits per heavy atom. The minimum atomic E-state index is -4.86. The summed E-state index contributed by atoms with van der Waals surface area (Å²) in [6.45, 7) is 3.67. The fourth-order valence-corrected chi connectivity index (χ4v) is 4.91. The third kappa shape index (κ3) is 5.17. The Kier molecular flexibility index (Phi) is 7.19. The molecule has 1 fully saturated rings. The normalized spacial score (nSPS) is 20.4. The van der Waals surface area contributed by atoms with E-state index in [0.29, 0.717) is 24.7 Å². The molecule has 0 aliphatic heterocycles. The van der Waals surface area contributed by atoms with Crippen molar-refractivity contribution < 1.29 is 31.7 Å². The summed E-state index contributed by atoms with van der Waals surface area (Å²) >= 11 is 0. The standard InChI is InChI=1S/C18H29N5O7S/c1-4-6-14(23(5-2)18(25)21-30-31(26,27)28)17(24)20-29-10-13-15-11-7-8-12(9-11)16(15)22(3)19-13/h11-12,14H,4-10H2,1-3H3,(H,20,24)(H,21,25)(H,26,27,28)/t11?,12?,14-/m0/s1. The van der Waals surface area contributed by atoms with Crippen molar-refractivity contribution in [2.24, 2.45) is 7.05 Å². The highest BCUT2D eigenvalue weighted by Gasteiger charge is 2.42. The van der Waals surface area contributed by atoms with Gasteiger partial charge in [0, 0.05) is 30.8 Å². The second kappa shape index (κ2) is 9.51. The lowest BCUT2D eigenvalue weighted by molar-refractivity contribution is -0.139. The van der Waals surface area contributed by atoms with Gasteiger partial charge in [-0.15, -0.1) is 4.28 Å². The van der Waals surface area contributed by atoms with Crippen LogP contribution in [0.25, 0.3) is 0 Å². The first-order valence-electron chi connectivity index (χ1n) is 10.4. The minimum absolute atomic E-state index is 0.0928. The Morgan fingerprint density at radius 2 is 2.00 bits per heavy atom. The molecule has 1 aromatic rings. The molecule has 3 N–H and O–H groups in total. The molecule has 1 aromatic heterocycles. The van der Waals surface area contributed by atoms with Gasteiger partial charge in [0.05, 0.1) is 5.69 Å². The maximum absolute atomic E-state index is 12.7. The van der Waals surface area contributed by atoms with Gasteiger partial charge in [-0.25, -0.2) is 10.3 Å². The number of carbonyl (C=O) groups excluding carboxylic acids is 2. The van der Waals surface area contributed by atoms with Gasteiger partial charge in [-0.05, 0) is 38.5 Å². The molecule has 2 aliphatic carbocycles. The van der Waals surface area contributed by atoms with Gasteiger partial charge in [-0.1, -0.05) is 13.3 Å². The summed E-state index contributed by atoms with van der Waals surface area (Å²) in [5.41, 5.74) is 7.30. The van der Waals surface area contributed by atoms with E-state index in [1.54, 1.807) is 12.4 Å². The van der Waals surface area contributed by atoms with Gasteiger partial charge in [0.2, 0.25) is 0 Å². The number of hydroxylamine groups is 2. The number of amides is 3. The van der Waals surface area contributed by atoms with Crippen molar-refractivity contribution in [2.75, 3.05) is 6.54 Å². The summed E-state index contributed by atoms with van der Waals surface area (Å²) < 4.78 is 35.8. The SMILES string of the molecule is CCC[C@@H](C(=O)NOCc1nn(C)c2c1C1CCC2C1)N(CC)C(=O)NOS(=O)(=O)O. The Morgan fingerprint density at radius 1 is 1.29 bits per heavy atom. The highest BCUT2D eigenvalue weighted by atomic mass is 32.3. The number of hydrogen-bond donors (Lipinski definition) is 3. The largest absolute Gasteiger partial charge is 0.418 e. The molecule has 0 saturated heterocycles. The number of urea groups is 1. The molecule has 0 spiro atoms. The number of nitrogens with zero attached hydrogens (tertiary/aromatic N) is 3. The third-order valence-corrected chi connectivity index (χ3v) is 6.19. The highest BCUT2D eigenvalue weighted by Crippen LogP contribution is 2.53. The van der Waals surface area contributed by atoms with E-state index in [0.717, 1.165) is 23.4 Å². The fraction of sp³-hybridized carbons (Fsp3) is 0.722. The zero-order valence-electron chi connectivity index (χ0n) is 17.8. The number of hydrogen-bond acceptors (Lipinski definition) is 7. The van der Waals surface area contributed by atoms with Gasteiger partial charge >= 0.3 is 16.4 Å². The lowest BCUT2D eigenvalue weighted by atomic mass is 9.96. The molecule has 174 valence electrons. The van der Waals surface area contributed by atoms with Crippen LogP contribution >= 0.6 is 0 Å². The summed E-state index contributed by atoms with van der Waals surface area (Å²) in [5.74, 6) is 0.495. The fourth-order valence-electron chi connectivity index (χ4n) is 4.74. The number of nitrogens with one attached hydrogen (secondary N) is 2. The summed E-state index contributed by atoms with van der Waals surface area (Å²) in [5, 5.41) is 4.55. The van der Waals surface area contributed by atoms with Crippen molar-refractivity contribution in [1.82, 2.24) is 25.6 Å². The molecule has 3 atom stereocenters. The average Bonchev–Trinajstić information content (AvgIpc) is 3.40. The average molecular weight is 460 g/mol. The molecule has 0 radical (unpaired) electrons. The van der Waals surface area contributed by atoms with E-state index < -0.39 is 28.4 Å². The van der Waals surface area contributed by atoms with Gasteiger partial charge in [-0.3, -0.25) is 18.9 Å². The zero-order chi connectivity index (χ0) is 22.8. The van der Waals surface area contributed by atoms with E-state index in [2.05, 4.69) is 14.9 Å². The number of likely N-dealkylation sites (N-methyl/N-ethyl adjacent to an activating group) is 1. The van der Waals surface area contributed by atoms with Crippen molar-refractivity contribution in [2.45, 2.75) is 70.4 Å². The van der Waals surface area contributed by atoms with Crippen LogP contribution in [0.15, 0.2) is 0 Å². The molecule has 2 bridgehead atoms. The summed E-state index contributed by atoms with van der Waals surface area (Å²) in [6.07, 6.45) is 4.37. The van der Waals surface area contributed by atoms with E-state index in [9.17, 15) is 18.0 Å². The minimum Gasteiger partial charge on any atom is -0.311 e. The van der Waals surface area contributed by atoms with Crippen LogP contribution < -0.4 is 11.0 Å². The lowest BCUT2D eigenvalue weighted by Gasteiger charge is -2.29. The Bertz CT molecular complexity index is 932. The topological polar surface area (TPSA) is 152 Å². The number of rotatable bonds is 10. The van der Waals surface area contributed by atoms with E-state index in [-0.39, 0.29) is 13.2 Å². The third-order valence-electron chi connectivity index (χ3n) is 5.89. The van der Waals surface area contributed by atoms with Gasteiger partial charge in [0.15, 0.2) is 0 Å². The van der Waals surface area contributed by atoms with E-state index in [1.807, 2.05) is 18.7 Å². The number of fused-ring (bicyclic) bond motifs is 5. The second-order valence-electron chi connectivity index (χ2n) is 7.84. The van der Waals surface area contributed by atoms with E-state index in [1.165, 1.54) is 17.7 Å². The van der Waals surface area contributed by atoms with Crippen LogP contribution in [-0.4, -0.2) is 52.2 Å². The van der Waals surface area contributed by atoms with Crippen molar-refractivity contribution in [3.8, 4) is 0 Å². The maximum Gasteiger partial charge on any atom is 0.418 e. The summed E-state index contributed by atoms with van der Waals surface area (Å²) in [4.78, 5) is 31.5. The molecule has 12 nitrogen and oxygen atoms in total. The summed E-state index contributed by atoms with van der Waals surface area (Å²) in [7, 11) is -2.94. The zero-order valence-corrected chi connectivity index (χ0v) is 18.6. The van der Waals surface area contributed by atoms with E-state index >= 15 is 0 Å². The van der Waals surface area contributed by atoms with Crippen LogP contribution in [0.5, 0.6) is 0 Å². The monoisotopic (exact) mass is 459 g/mol. The van der Waals surface area contributed by atoms with Crippen molar-refractivity contribution >= 4 is 22.3 Å². The molecule has 2 unspecified atom stereocenters. The van der Waals surface area contributed by atoms with Crippen LogP contribution in [0.1, 0.15) is 74.7 Å². The predicted octanol–water partition coefficient (Wildman–Crippen LogP) is 1.27. The molecule has 3 rings (SSSR count). The Hall–Kier alpha value is -2.22. The summed E-state index contributed by atoms with van der Waals surface area (Å²) in [6, 6.07) is -1.90. The molecular formula is C18H29N5O7S. The predicted molar refractivity (Wildman–Crippen MR) is 108 cm³/mol. The van der Waals surface area contributed by atoms with Crippen LogP contribution in [0.2, 0.25) is 0 Å². The smallest absolute Gasteiger partial charge is 0.311 e. The first kappa shape index (κ1) is 23.4. The number of aromatic nitrogens is 2. The van der Waals surface area contributed by atoms with Crippen molar-refractivity contribution in [3.05, 3.63) is 17.0 Å². The molecule has 2 aliphatic rings. The molecule has 0 aromatic carbocycles.